The predicted molar refractivity (Wildman–Crippen MR) is 103 cm³/mol. The lowest BCUT2D eigenvalue weighted by molar-refractivity contribution is 0.0167. The number of anilines is 1. The van der Waals surface area contributed by atoms with E-state index in [-0.39, 0.29) is 12.1 Å². The van der Waals surface area contributed by atoms with Gasteiger partial charge in [0.15, 0.2) is 0 Å². The number of nitrogens with zero attached hydrogens (tertiary/aromatic N) is 2. The average molecular weight is 375 g/mol. The summed E-state index contributed by atoms with van der Waals surface area (Å²) in [5.41, 5.74) is 2.69. The van der Waals surface area contributed by atoms with Gasteiger partial charge < -0.3 is 15.4 Å². The molecule has 26 heavy (non-hydrogen) atoms. The molecule has 1 aliphatic rings. The van der Waals surface area contributed by atoms with Gasteiger partial charge >= 0.3 is 6.03 Å². The van der Waals surface area contributed by atoms with Crippen molar-refractivity contribution in [2.75, 3.05) is 38.2 Å². The molecule has 0 aliphatic carbocycles. The van der Waals surface area contributed by atoms with Crippen molar-refractivity contribution in [3.8, 4) is 0 Å². The summed E-state index contributed by atoms with van der Waals surface area (Å²) in [4.78, 5) is 18.8. The van der Waals surface area contributed by atoms with Gasteiger partial charge in [-0.1, -0.05) is 17.7 Å². The number of aromatic nitrogens is 1. The molecule has 2 aromatic rings. The van der Waals surface area contributed by atoms with E-state index in [2.05, 4.69) is 20.5 Å². The van der Waals surface area contributed by atoms with E-state index in [1.54, 1.807) is 18.5 Å². The van der Waals surface area contributed by atoms with E-state index in [1.165, 1.54) is 0 Å². The summed E-state index contributed by atoms with van der Waals surface area (Å²) < 4.78 is 5.45. The van der Waals surface area contributed by atoms with E-state index in [4.69, 9.17) is 16.3 Å². The number of carbonyl (C=O) groups is 1. The van der Waals surface area contributed by atoms with E-state index >= 15 is 0 Å². The number of carbonyl (C=O) groups excluding carboxylic acids is 1. The topological polar surface area (TPSA) is 66.5 Å². The number of nitrogens with one attached hydrogen (secondary N) is 2. The highest BCUT2D eigenvalue weighted by atomic mass is 35.5. The van der Waals surface area contributed by atoms with Crippen molar-refractivity contribution in [3.05, 3.63) is 58.9 Å². The van der Waals surface area contributed by atoms with Crippen molar-refractivity contribution < 1.29 is 9.53 Å². The Bertz CT molecular complexity index is 736. The van der Waals surface area contributed by atoms with Crippen molar-refractivity contribution in [2.45, 2.75) is 13.0 Å². The summed E-state index contributed by atoms with van der Waals surface area (Å²) in [6.45, 7) is 5.46. The van der Waals surface area contributed by atoms with Crippen LogP contribution in [0, 0.1) is 6.92 Å². The highest BCUT2D eigenvalue weighted by molar-refractivity contribution is 6.31. The van der Waals surface area contributed by atoms with Gasteiger partial charge in [-0.2, -0.15) is 0 Å². The standard InChI is InChI=1S/C19H23ClN4O2/c1-14-16(20)3-2-4-17(14)23-19(25)22-13-18(15-5-7-21-8-6-15)24-9-11-26-12-10-24/h2-8,18H,9-13H2,1H3,(H2,22,23,25)/t18-/m1/s1. The molecule has 0 unspecified atom stereocenters. The van der Waals surface area contributed by atoms with Crippen LogP contribution in [0.3, 0.4) is 0 Å². The monoisotopic (exact) mass is 374 g/mol. The number of rotatable bonds is 5. The van der Waals surface area contributed by atoms with Gasteiger partial charge in [0.25, 0.3) is 0 Å². The van der Waals surface area contributed by atoms with E-state index in [9.17, 15) is 4.79 Å². The second kappa shape index (κ2) is 8.98. The van der Waals surface area contributed by atoms with E-state index < -0.39 is 0 Å². The van der Waals surface area contributed by atoms with Crippen molar-refractivity contribution in [3.63, 3.8) is 0 Å². The molecule has 0 bridgehead atoms. The van der Waals surface area contributed by atoms with Gasteiger partial charge in [-0.25, -0.2) is 4.79 Å². The minimum atomic E-state index is -0.248. The molecule has 1 aromatic carbocycles. The Labute approximate surface area is 158 Å². The lowest BCUT2D eigenvalue weighted by atomic mass is 10.1. The highest BCUT2D eigenvalue weighted by Gasteiger charge is 2.23. The molecule has 7 heteroatoms. The van der Waals surface area contributed by atoms with Crippen LogP contribution in [0.2, 0.25) is 5.02 Å². The van der Waals surface area contributed by atoms with Crippen LogP contribution in [0.5, 0.6) is 0 Å². The van der Waals surface area contributed by atoms with Gasteiger partial charge in [0.05, 0.1) is 19.3 Å². The maximum absolute atomic E-state index is 12.4. The Morgan fingerprint density at radius 3 is 2.73 bits per heavy atom. The number of morpholine rings is 1. The third-order valence-electron chi connectivity index (χ3n) is 4.55. The van der Waals surface area contributed by atoms with Crippen LogP contribution in [-0.2, 0) is 4.74 Å². The minimum absolute atomic E-state index is 0.0770. The minimum Gasteiger partial charge on any atom is -0.379 e. The summed E-state index contributed by atoms with van der Waals surface area (Å²) in [7, 11) is 0. The Morgan fingerprint density at radius 2 is 2.00 bits per heavy atom. The molecule has 1 aliphatic heterocycles. The molecule has 0 radical (unpaired) electrons. The first-order valence-electron chi connectivity index (χ1n) is 8.67. The van der Waals surface area contributed by atoms with Gasteiger partial charge in [-0.3, -0.25) is 9.88 Å². The van der Waals surface area contributed by atoms with E-state index in [0.717, 1.165) is 24.2 Å². The zero-order chi connectivity index (χ0) is 18.4. The number of benzene rings is 1. The van der Waals surface area contributed by atoms with Gasteiger partial charge in [0, 0.05) is 42.7 Å². The summed E-state index contributed by atoms with van der Waals surface area (Å²) in [6.07, 6.45) is 3.55. The van der Waals surface area contributed by atoms with Crippen LogP contribution in [0.4, 0.5) is 10.5 Å². The van der Waals surface area contributed by atoms with E-state index in [1.807, 2.05) is 31.2 Å². The zero-order valence-electron chi connectivity index (χ0n) is 14.7. The van der Waals surface area contributed by atoms with Gasteiger partial charge in [0.1, 0.15) is 0 Å². The Kier molecular flexibility index (Phi) is 6.44. The first-order chi connectivity index (χ1) is 12.6. The van der Waals surface area contributed by atoms with Crippen LogP contribution in [-0.4, -0.2) is 48.8 Å². The molecule has 1 aromatic heterocycles. The normalized spacial score (nSPS) is 16.1. The number of hydrogen-bond acceptors (Lipinski definition) is 4. The molecule has 138 valence electrons. The number of amides is 2. The SMILES string of the molecule is Cc1c(Cl)cccc1NC(=O)NC[C@H](c1ccncc1)N1CCOCC1. The molecular weight excluding hydrogens is 352 g/mol. The molecule has 1 atom stereocenters. The van der Waals surface area contributed by atoms with Gasteiger partial charge in [0.2, 0.25) is 0 Å². The molecule has 2 amide bonds. The first-order valence-corrected chi connectivity index (χ1v) is 9.04. The fourth-order valence-electron chi connectivity index (χ4n) is 3.03. The molecule has 3 rings (SSSR count). The van der Waals surface area contributed by atoms with Crippen molar-refractivity contribution in [2.24, 2.45) is 0 Å². The summed E-state index contributed by atoms with van der Waals surface area (Å²) in [6, 6.07) is 9.26. The fourth-order valence-corrected chi connectivity index (χ4v) is 3.21. The molecule has 0 spiro atoms. The number of hydrogen-bond donors (Lipinski definition) is 2. The number of urea groups is 1. The smallest absolute Gasteiger partial charge is 0.319 e. The van der Waals surface area contributed by atoms with Crippen LogP contribution in [0.15, 0.2) is 42.7 Å². The predicted octanol–water partition coefficient (Wildman–Crippen LogP) is 3.24. The van der Waals surface area contributed by atoms with Gasteiger partial charge in [-0.15, -0.1) is 0 Å². The third kappa shape index (κ3) is 4.72. The number of halogens is 1. The Hall–Kier alpha value is -2.15. The lowest BCUT2D eigenvalue weighted by Crippen LogP contribution is -2.44. The summed E-state index contributed by atoms with van der Waals surface area (Å²) in [5.74, 6) is 0. The molecule has 2 N–H and O–H groups in total. The maximum Gasteiger partial charge on any atom is 0.319 e. The van der Waals surface area contributed by atoms with Crippen LogP contribution in [0.25, 0.3) is 0 Å². The number of ether oxygens (including phenoxy) is 1. The molecule has 1 saturated heterocycles. The molecule has 0 saturated carbocycles. The number of pyridine rings is 1. The van der Waals surface area contributed by atoms with E-state index in [0.29, 0.717) is 30.5 Å². The zero-order valence-corrected chi connectivity index (χ0v) is 15.5. The quantitative estimate of drug-likeness (QED) is 0.843. The van der Waals surface area contributed by atoms with Gasteiger partial charge in [-0.05, 0) is 42.3 Å². The molecular formula is C19H23ClN4O2. The van der Waals surface area contributed by atoms with Crippen LogP contribution >= 0.6 is 11.6 Å². The third-order valence-corrected chi connectivity index (χ3v) is 4.96. The maximum atomic E-state index is 12.4. The van der Waals surface area contributed by atoms with Crippen LogP contribution in [0.1, 0.15) is 17.2 Å². The Morgan fingerprint density at radius 1 is 1.27 bits per heavy atom. The second-order valence-corrected chi connectivity index (χ2v) is 6.60. The average Bonchev–Trinajstić information content (AvgIpc) is 2.67. The summed E-state index contributed by atoms with van der Waals surface area (Å²) >= 11 is 6.11. The van der Waals surface area contributed by atoms with Crippen molar-refractivity contribution in [1.82, 2.24) is 15.2 Å². The second-order valence-electron chi connectivity index (χ2n) is 6.19. The lowest BCUT2D eigenvalue weighted by Gasteiger charge is -2.34. The fraction of sp³-hybridized carbons (Fsp3) is 0.368. The first kappa shape index (κ1) is 18.6. The van der Waals surface area contributed by atoms with Crippen LogP contribution < -0.4 is 10.6 Å². The molecule has 2 heterocycles. The highest BCUT2D eigenvalue weighted by Crippen LogP contribution is 2.23. The van der Waals surface area contributed by atoms with Crippen molar-refractivity contribution >= 4 is 23.3 Å². The van der Waals surface area contributed by atoms with Crippen molar-refractivity contribution in [1.29, 1.82) is 0 Å². The Balaban J connectivity index is 1.65. The largest absolute Gasteiger partial charge is 0.379 e. The molecule has 1 fully saturated rings. The summed E-state index contributed by atoms with van der Waals surface area (Å²) in [5, 5.41) is 6.48. The molecule has 6 nitrogen and oxygen atoms in total.